The minimum Gasteiger partial charge on any atom is -0.342 e. The Labute approximate surface area is 188 Å². The summed E-state index contributed by atoms with van der Waals surface area (Å²) >= 11 is 1.61. The van der Waals surface area contributed by atoms with E-state index in [1.807, 2.05) is 52.9 Å². The molecule has 0 spiro atoms. The van der Waals surface area contributed by atoms with Crippen molar-refractivity contribution in [2.45, 2.75) is 38.6 Å². The number of likely N-dealkylation sites (tertiary alicyclic amines) is 1. The summed E-state index contributed by atoms with van der Waals surface area (Å²) in [7, 11) is 0. The fraction of sp³-hybridized carbons (Fsp3) is 0.348. The normalized spacial score (nSPS) is 14.8. The van der Waals surface area contributed by atoms with Crippen LogP contribution < -0.4 is 5.56 Å². The summed E-state index contributed by atoms with van der Waals surface area (Å²) in [5.74, 6) is 0.902. The number of nitrogens with one attached hydrogen (secondary N) is 1. The molecular weight excluding hydrogens is 424 g/mol. The lowest BCUT2D eigenvalue weighted by Gasteiger charge is -2.31. The van der Waals surface area contributed by atoms with E-state index in [1.165, 1.54) is 5.56 Å². The highest BCUT2D eigenvalue weighted by Gasteiger charge is 2.26. The quantitative estimate of drug-likeness (QED) is 0.506. The lowest BCUT2D eigenvalue weighted by molar-refractivity contribution is -0.131. The fourth-order valence-electron chi connectivity index (χ4n) is 4.13. The van der Waals surface area contributed by atoms with Crippen LogP contribution >= 0.6 is 11.3 Å². The Morgan fingerprint density at radius 3 is 2.66 bits per heavy atom. The van der Waals surface area contributed by atoms with Crippen LogP contribution in [-0.4, -0.2) is 48.9 Å². The molecule has 1 aliphatic heterocycles. The highest BCUT2D eigenvalue weighted by atomic mass is 32.1. The summed E-state index contributed by atoms with van der Waals surface area (Å²) in [6.07, 6.45) is 1.98. The van der Waals surface area contributed by atoms with E-state index in [1.54, 1.807) is 16.0 Å². The Morgan fingerprint density at radius 2 is 1.94 bits per heavy atom. The number of carbonyl (C=O) groups excluding carboxylic acids is 1. The number of benzene rings is 1. The van der Waals surface area contributed by atoms with E-state index in [0.29, 0.717) is 37.5 Å². The molecule has 0 bridgehead atoms. The number of aromatic amines is 1. The first kappa shape index (κ1) is 20.6. The number of amides is 1. The molecule has 4 heterocycles. The third kappa shape index (κ3) is 4.20. The lowest BCUT2D eigenvalue weighted by atomic mass is 9.95. The molecule has 5 rings (SSSR count). The van der Waals surface area contributed by atoms with Gasteiger partial charge in [0.1, 0.15) is 5.82 Å². The third-order valence-corrected chi connectivity index (χ3v) is 6.75. The van der Waals surface area contributed by atoms with Crippen molar-refractivity contribution in [1.29, 1.82) is 0 Å². The van der Waals surface area contributed by atoms with Gasteiger partial charge in [-0.15, -0.1) is 5.10 Å². The van der Waals surface area contributed by atoms with Crippen LogP contribution in [-0.2, 0) is 17.8 Å². The smallest absolute Gasteiger partial charge is 0.281 e. The second kappa shape index (κ2) is 8.66. The number of H-pyrrole nitrogens is 1. The van der Waals surface area contributed by atoms with Crippen molar-refractivity contribution in [1.82, 2.24) is 29.9 Å². The minimum absolute atomic E-state index is 0.0972. The van der Waals surface area contributed by atoms with E-state index in [-0.39, 0.29) is 22.9 Å². The van der Waals surface area contributed by atoms with Gasteiger partial charge in [0.05, 0.1) is 13.0 Å². The van der Waals surface area contributed by atoms with E-state index in [4.69, 9.17) is 4.98 Å². The van der Waals surface area contributed by atoms with E-state index in [9.17, 15) is 9.59 Å². The first-order chi connectivity index (χ1) is 15.6. The fourth-order valence-corrected chi connectivity index (χ4v) is 4.80. The van der Waals surface area contributed by atoms with Crippen LogP contribution in [0.25, 0.3) is 11.2 Å². The molecule has 164 valence electrons. The number of piperidine rings is 1. The van der Waals surface area contributed by atoms with Crippen LogP contribution in [0.1, 0.15) is 41.3 Å². The van der Waals surface area contributed by atoms with E-state index >= 15 is 0 Å². The van der Waals surface area contributed by atoms with Crippen LogP contribution in [0.15, 0.2) is 45.9 Å². The van der Waals surface area contributed by atoms with Crippen LogP contribution in [0.3, 0.4) is 0 Å². The summed E-state index contributed by atoms with van der Waals surface area (Å²) < 4.78 is 1.68. The molecule has 9 heteroatoms. The van der Waals surface area contributed by atoms with Crippen LogP contribution in [0.5, 0.6) is 0 Å². The molecule has 1 fully saturated rings. The summed E-state index contributed by atoms with van der Waals surface area (Å²) in [6, 6.07) is 10.2. The Bertz CT molecular complexity index is 1280. The highest BCUT2D eigenvalue weighted by Crippen LogP contribution is 2.26. The molecule has 0 atom stereocenters. The summed E-state index contributed by atoms with van der Waals surface area (Å²) in [6.45, 7) is 3.87. The molecule has 1 amide bonds. The number of carbonyl (C=O) groups is 1. The molecule has 0 radical (unpaired) electrons. The molecule has 1 aromatic carbocycles. The topological polar surface area (TPSA) is 96.8 Å². The maximum atomic E-state index is 12.6. The number of hydrogen-bond donors (Lipinski definition) is 1. The molecule has 1 N–H and O–H groups in total. The molecule has 0 saturated carbocycles. The lowest BCUT2D eigenvalue weighted by Crippen LogP contribution is -2.39. The average molecular weight is 449 g/mol. The van der Waals surface area contributed by atoms with Crippen molar-refractivity contribution in [3.8, 4) is 0 Å². The van der Waals surface area contributed by atoms with E-state index < -0.39 is 0 Å². The highest BCUT2D eigenvalue weighted by molar-refractivity contribution is 7.08. The third-order valence-electron chi connectivity index (χ3n) is 6.01. The van der Waals surface area contributed by atoms with Gasteiger partial charge in [0.15, 0.2) is 11.2 Å². The molecule has 1 aliphatic rings. The SMILES string of the molecule is Cc1ccc(Cn2nnc3c(=O)[nH]c(C4CCN(C(=O)Cc5ccsc5)CC4)nc32)cc1. The van der Waals surface area contributed by atoms with Gasteiger partial charge in [-0.25, -0.2) is 9.67 Å². The zero-order chi connectivity index (χ0) is 22.1. The van der Waals surface area contributed by atoms with Crippen molar-refractivity contribution in [2.75, 3.05) is 13.1 Å². The summed E-state index contributed by atoms with van der Waals surface area (Å²) in [5, 5.41) is 12.2. The van der Waals surface area contributed by atoms with Crippen molar-refractivity contribution in [3.63, 3.8) is 0 Å². The maximum Gasteiger partial charge on any atom is 0.281 e. The van der Waals surface area contributed by atoms with Crippen molar-refractivity contribution < 1.29 is 4.79 Å². The van der Waals surface area contributed by atoms with Crippen molar-refractivity contribution >= 4 is 28.4 Å². The van der Waals surface area contributed by atoms with Gasteiger partial charge in [-0.3, -0.25) is 9.59 Å². The number of fused-ring (bicyclic) bond motifs is 1. The van der Waals surface area contributed by atoms with Gasteiger partial charge in [-0.1, -0.05) is 35.0 Å². The number of aryl methyl sites for hydroxylation is 1. The molecule has 32 heavy (non-hydrogen) atoms. The number of hydrogen-bond acceptors (Lipinski definition) is 6. The Kier molecular flexibility index (Phi) is 5.57. The summed E-state index contributed by atoms with van der Waals surface area (Å²) in [5.41, 5.74) is 3.81. The van der Waals surface area contributed by atoms with Gasteiger partial charge in [-0.05, 0) is 47.7 Å². The van der Waals surface area contributed by atoms with Gasteiger partial charge in [0, 0.05) is 19.0 Å². The van der Waals surface area contributed by atoms with Gasteiger partial charge in [0.25, 0.3) is 5.56 Å². The predicted molar refractivity (Wildman–Crippen MR) is 123 cm³/mol. The minimum atomic E-state index is -0.267. The first-order valence-electron chi connectivity index (χ1n) is 10.7. The standard InChI is InChI=1S/C23H24N6O2S/c1-15-2-4-16(5-3-15)13-29-22-20(26-27-29)23(31)25-21(24-22)18-6-9-28(10-7-18)19(30)12-17-8-11-32-14-17/h2-5,8,11,14,18H,6-7,9-10,12-13H2,1H3,(H,24,25,31). The zero-order valence-corrected chi connectivity index (χ0v) is 18.6. The Hall–Kier alpha value is -3.33. The predicted octanol–water partition coefficient (Wildman–Crippen LogP) is 2.88. The molecule has 4 aromatic rings. The Balaban J connectivity index is 1.32. The molecule has 1 saturated heterocycles. The molecule has 3 aromatic heterocycles. The van der Waals surface area contributed by atoms with Gasteiger partial charge >= 0.3 is 0 Å². The molecular formula is C23H24N6O2S. The first-order valence-corrected chi connectivity index (χ1v) is 11.7. The summed E-state index contributed by atoms with van der Waals surface area (Å²) in [4.78, 5) is 34.8. The monoisotopic (exact) mass is 448 g/mol. The van der Waals surface area contributed by atoms with Crippen LogP contribution in [0, 0.1) is 6.92 Å². The molecule has 0 aliphatic carbocycles. The molecule has 0 unspecified atom stereocenters. The van der Waals surface area contributed by atoms with E-state index in [0.717, 1.165) is 24.0 Å². The number of rotatable bonds is 5. The second-order valence-corrected chi connectivity index (χ2v) is 9.10. The Morgan fingerprint density at radius 1 is 1.16 bits per heavy atom. The van der Waals surface area contributed by atoms with E-state index in [2.05, 4.69) is 15.3 Å². The van der Waals surface area contributed by atoms with Crippen molar-refractivity contribution in [2.24, 2.45) is 0 Å². The zero-order valence-electron chi connectivity index (χ0n) is 17.8. The second-order valence-electron chi connectivity index (χ2n) is 8.32. The number of aromatic nitrogens is 5. The number of thiophene rings is 1. The maximum absolute atomic E-state index is 12.6. The van der Waals surface area contributed by atoms with Gasteiger partial charge in [-0.2, -0.15) is 11.3 Å². The van der Waals surface area contributed by atoms with Gasteiger partial charge in [0.2, 0.25) is 5.91 Å². The number of nitrogens with zero attached hydrogens (tertiary/aromatic N) is 5. The average Bonchev–Trinajstić information content (AvgIpc) is 3.46. The van der Waals surface area contributed by atoms with Crippen LogP contribution in [0.4, 0.5) is 0 Å². The van der Waals surface area contributed by atoms with Crippen molar-refractivity contribution in [3.05, 3.63) is 74.0 Å². The van der Waals surface area contributed by atoms with Crippen LogP contribution in [0.2, 0.25) is 0 Å². The largest absolute Gasteiger partial charge is 0.342 e. The van der Waals surface area contributed by atoms with Gasteiger partial charge < -0.3 is 9.88 Å². The molecule has 8 nitrogen and oxygen atoms in total.